The van der Waals surface area contributed by atoms with E-state index in [-0.39, 0.29) is 17.9 Å². The molecule has 1 N–H and O–H groups in total. The molecule has 1 atom stereocenters. The van der Waals surface area contributed by atoms with E-state index in [2.05, 4.69) is 39.4 Å². The van der Waals surface area contributed by atoms with E-state index in [0.717, 1.165) is 30.2 Å². The number of aryl methyl sites for hydroxylation is 1. The lowest BCUT2D eigenvalue weighted by atomic mass is 9.84. The molecule has 90 valence electrons. The van der Waals surface area contributed by atoms with Crippen LogP contribution in [0.15, 0.2) is 22.7 Å². The molecule has 2 aliphatic rings. The Labute approximate surface area is 110 Å². The Kier molecular flexibility index (Phi) is 2.95. The van der Waals surface area contributed by atoms with Gasteiger partial charge in [-0.05, 0) is 48.9 Å². The highest BCUT2D eigenvalue weighted by atomic mass is 79.9. The number of amides is 1. The van der Waals surface area contributed by atoms with Crippen LogP contribution in [0.5, 0.6) is 0 Å². The van der Waals surface area contributed by atoms with E-state index in [4.69, 9.17) is 0 Å². The second-order valence-electron chi connectivity index (χ2n) is 5.07. The molecular weight excluding hydrogens is 278 g/mol. The molecule has 1 aromatic carbocycles. The van der Waals surface area contributed by atoms with Crippen molar-refractivity contribution in [2.24, 2.45) is 5.92 Å². The van der Waals surface area contributed by atoms with Crippen molar-refractivity contribution in [3.05, 3.63) is 33.8 Å². The fourth-order valence-electron chi connectivity index (χ4n) is 2.70. The van der Waals surface area contributed by atoms with Crippen LogP contribution in [0, 0.1) is 5.92 Å². The molecule has 17 heavy (non-hydrogen) atoms. The van der Waals surface area contributed by atoms with E-state index in [1.807, 2.05) is 0 Å². The molecule has 3 rings (SSSR count). The number of hydrogen-bond acceptors (Lipinski definition) is 1. The maximum absolute atomic E-state index is 11.9. The number of carbonyl (C=O) groups is 1. The molecule has 0 bridgehead atoms. The van der Waals surface area contributed by atoms with E-state index in [1.54, 1.807) is 0 Å². The monoisotopic (exact) mass is 293 g/mol. The van der Waals surface area contributed by atoms with Crippen LogP contribution < -0.4 is 5.32 Å². The maximum atomic E-state index is 11.9. The molecule has 1 aromatic rings. The molecule has 1 unspecified atom stereocenters. The Bertz CT molecular complexity index is 454. The van der Waals surface area contributed by atoms with Gasteiger partial charge in [0.15, 0.2) is 0 Å². The third-order valence-electron chi connectivity index (χ3n) is 3.98. The summed E-state index contributed by atoms with van der Waals surface area (Å²) in [5.41, 5.74) is 2.68. The topological polar surface area (TPSA) is 29.1 Å². The minimum absolute atomic E-state index is 0.242. The summed E-state index contributed by atoms with van der Waals surface area (Å²) < 4.78 is 1.13. The van der Waals surface area contributed by atoms with Crippen LogP contribution in [-0.2, 0) is 11.2 Å². The minimum atomic E-state index is 0.242. The normalized spacial score (nSPS) is 23.0. The standard InChI is InChI=1S/C14H16BrNO/c15-11-5-6-12-10(8-11)4-7-13(12)16-14(17)9-2-1-3-9/h5-6,8-9,13H,1-4,7H2,(H,16,17). The lowest BCUT2D eigenvalue weighted by molar-refractivity contribution is -0.128. The van der Waals surface area contributed by atoms with Gasteiger partial charge in [0.05, 0.1) is 6.04 Å². The highest BCUT2D eigenvalue weighted by Crippen LogP contribution is 2.34. The summed E-state index contributed by atoms with van der Waals surface area (Å²) in [6, 6.07) is 6.61. The molecule has 0 spiro atoms. The van der Waals surface area contributed by atoms with Crippen LogP contribution in [0.4, 0.5) is 0 Å². The zero-order chi connectivity index (χ0) is 11.8. The Morgan fingerprint density at radius 1 is 1.29 bits per heavy atom. The highest BCUT2D eigenvalue weighted by Gasteiger charge is 2.29. The number of fused-ring (bicyclic) bond motifs is 1. The number of nitrogens with one attached hydrogen (secondary N) is 1. The third-order valence-corrected chi connectivity index (χ3v) is 4.47. The van der Waals surface area contributed by atoms with Gasteiger partial charge < -0.3 is 5.32 Å². The van der Waals surface area contributed by atoms with Gasteiger partial charge in [-0.2, -0.15) is 0 Å². The molecule has 2 aliphatic carbocycles. The van der Waals surface area contributed by atoms with Crippen LogP contribution >= 0.6 is 15.9 Å². The van der Waals surface area contributed by atoms with Gasteiger partial charge in [0.25, 0.3) is 0 Å². The smallest absolute Gasteiger partial charge is 0.223 e. The highest BCUT2D eigenvalue weighted by molar-refractivity contribution is 9.10. The van der Waals surface area contributed by atoms with Crippen molar-refractivity contribution in [1.82, 2.24) is 5.32 Å². The predicted octanol–water partition coefficient (Wildman–Crippen LogP) is 3.35. The number of rotatable bonds is 2. The van der Waals surface area contributed by atoms with Gasteiger partial charge in [0, 0.05) is 10.4 Å². The van der Waals surface area contributed by atoms with Crippen LogP contribution in [0.3, 0.4) is 0 Å². The second-order valence-corrected chi connectivity index (χ2v) is 5.99. The molecule has 0 heterocycles. The lowest BCUT2D eigenvalue weighted by Gasteiger charge is -2.26. The fourth-order valence-corrected chi connectivity index (χ4v) is 3.10. The number of benzene rings is 1. The Hall–Kier alpha value is -0.830. The molecule has 1 fully saturated rings. The van der Waals surface area contributed by atoms with Crippen LogP contribution in [-0.4, -0.2) is 5.91 Å². The van der Waals surface area contributed by atoms with E-state index in [1.165, 1.54) is 17.5 Å². The number of carbonyl (C=O) groups excluding carboxylic acids is 1. The summed E-state index contributed by atoms with van der Waals surface area (Å²) >= 11 is 3.49. The van der Waals surface area contributed by atoms with Crippen molar-refractivity contribution in [2.75, 3.05) is 0 Å². The molecule has 2 nitrogen and oxygen atoms in total. The van der Waals surface area contributed by atoms with Gasteiger partial charge in [-0.1, -0.05) is 28.4 Å². The Morgan fingerprint density at radius 3 is 2.82 bits per heavy atom. The zero-order valence-electron chi connectivity index (χ0n) is 9.71. The summed E-state index contributed by atoms with van der Waals surface area (Å²) in [6.07, 6.45) is 5.48. The molecule has 1 saturated carbocycles. The Morgan fingerprint density at radius 2 is 2.12 bits per heavy atom. The first kappa shape index (κ1) is 11.3. The first-order valence-electron chi connectivity index (χ1n) is 6.33. The SMILES string of the molecule is O=C(NC1CCc2cc(Br)ccc21)C1CCC1. The van der Waals surface area contributed by atoms with E-state index in [0.29, 0.717) is 0 Å². The molecule has 0 radical (unpaired) electrons. The largest absolute Gasteiger partial charge is 0.349 e. The van der Waals surface area contributed by atoms with Crippen LogP contribution in [0.1, 0.15) is 42.9 Å². The average Bonchev–Trinajstić information content (AvgIpc) is 2.58. The van der Waals surface area contributed by atoms with Crippen molar-refractivity contribution < 1.29 is 4.79 Å². The summed E-state index contributed by atoms with van der Waals surface area (Å²) in [5, 5.41) is 3.20. The van der Waals surface area contributed by atoms with Crippen molar-refractivity contribution in [2.45, 2.75) is 38.1 Å². The Balaban J connectivity index is 1.72. The van der Waals surface area contributed by atoms with Crippen LogP contribution in [0.2, 0.25) is 0 Å². The molecule has 0 aromatic heterocycles. The van der Waals surface area contributed by atoms with Gasteiger partial charge in [0.1, 0.15) is 0 Å². The van der Waals surface area contributed by atoms with Gasteiger partial charge in [0.2, 0.25) is 5.91 Å². The zero-order valence-corrected chi connectivity index (χ0v) is 11.3. The van der Waals surface area contributed by atoms with Crippen LogP contribution in [0.25, 0.3) is 0 Å². The maximum Gasteiger partial charge on any atom is 0.223 e. The first-order chi connectivity index (χ1) is 8.24. The molecule has 3 heteroatoms. The summed E-state index contributed by atoms with van der Waals surface area (Å²) in [6.45, 7) is 0. The molecular formula is C14H16BrNO. The quantitative estimate of drug-likeness (QED) is 0.890. The lowest BCUT2D eigenvalue weighted by Crippen LogP contribution is -2.36. The third kappa shape index (κ3) is 2.13. The number of hydrogen-bond donors (Lipinski definition) is 1. The van der Waals surface area contributed by atoms with Crippen molar-refractivity contribution in [3.8, 4) is 0 Å². The summed E-state index contributed by atoms with van der Waals surface area (Å²) in [4.78, 5) is 11.9. The van der Waals surface area contributed by atoms with Gasteiger partial charge in [-0.25, -0.2) is 0 Å². The fraction of sp³-hybridized carbons (Fsp3) is 0.500. The van der Waals surface area contributed by atoms with E-state index < -0.39 is 0 Å². The predicted molar refractivity (Wildman–Crippen MR) is 70.7 cm³/mol. The molecule has 0 aliphatic heterocycles. The van der Waals surface area contributed by atoms with Gasteiger partial charge in [-0.3, -0.25) is 4.79 Å². The first-order valence-corrected chi connectivity index (χ1v) is 7.12. The van der Waals surface area contributed by atoms with Gasteiger partial charge >= 0.3 is 0 Å². The molecule has 1 amide bonds. The van der Waals surface area contributed by atoms with E-state index >= 15 is 0 Å². The van der Waals surface area contributed by atoms with E-state index in [9.17, 15) is 4.79 Å². The summed E-state index contributed by atoms with van der Waals surface area (Å²) in [7, 11) is 0. The van der Waals surface area contributed by atoms with Gasteiger partial charge in [-0.15, -0.1) is 0 Å². The minimum Gasteiger partial charge on any atom is -0.349 e. The van der Waals surface area contributed by atoms with Crippen molar-refractivity contribution in [1.29, 1.82) is 0 Å². The number of halogens is 1. The second kappa shape index (κ2) is 4.45. The van der Waals surface area contributed by atoms with Crippen molar-refractivity contribution >= 4 is 21.8 Å². The molecule has 0 saturated heterocycles. The average molecular weight is 294 g/mol. The summed E-state index contributed by atoms with van der Waals surface area (Å²) in [5.74, 6) is 0.548. The van der Waals surface area contributed by atoms with Crippen molar-refractivity contribution in [3.63, 3.8) is 0 Å².